The van der Waals surface area contributed by atoms with Crippen LogP contribution in [0.25, 0.3) is 0 Å². The highest BCUT2D eigenvalue weighted by Crippen LogP contribution is 2.23. The highest BCUT2D eigenvalue weighted by molar-refractivity contribution is 5.91. The minimum Gasteiger partial charge on any atom is -0.456 e. The van der Waals surface area contributed by atoms with Crippen LogP contribution in [0.1, 0.15) is 37.1 Å². The Kier molecular flexibility index (Phi) is 3.96. The first-order valence-electron chi connectivity index (χ1n) is 6.62. The highest BCUT2D eigenvalue weighted by Gasteiger charge is 2.36. The number of aliphatic hydroxyl groups excluding tert-OH is 1. The van der Waals surface area contributed by atoms with E-state index in [1.54, 1.807) is 11.0 Å². The molecule has 0 aliphatic carbocycles. The summed E-state index contributed by atoms with van der Waals surface area (Å²) in [6.07, 6.45) is 0.425. The van der Waals surface area contributed by atoms with E-state index in [1.807, 2.05) is 26.8 Å². The molecule has 1 N–H and O–H groups in total. The quantitative estimate of drug-likeness (QED) is 0.900. The van der Waals surface area contributed by atoms with Gasteiger partial charge in [-0.15, -0.1) is 0 Å². The minimum absolute atomic E-state index is 0.0917. The van der Waals surface area contributed by atoms with Gasteiger partial charge in [-0.3, -0.25) is 4.79 Å². The molecule has 1 aromatic heterocycles. The van der Waals surface area contributed by atoms with Crippen molar-refractivity contribution in [2.45, 2.75) is 38.9 Å². The molecule has 1 aromatic rings. The molecule has 0 saturated carbocycles. The van der Waals surface area contributed by atoms with Crippen molar-refractivity contribution in [3.8, 4) is 0 Å². The lowest BCUT2D eigenvalue weighted by atomic mass is 10.1. The zero-order valence-electron chi connectivity index (χ0n) is 11.7. The van der Waals surface area contributed by atoms with Crippen LogP contribution in [0.2, 0.25) is 0 Å². The van der Waals surface area contributed by atoms with Gasteiger partial charge in [0.25, 0.3) is 5.91 Å². The Morgan fingerprint density at radius 3 is 2.84 bits per heavy atom. The Hall–Kier alpha value is -1.33. The molecule has 0 aromatic carbocycles. The Morgan fingerprint density at radius 1 is 1.53 bits per heavy atom. The molecule has 1 aliphatic rings. The van der Waals surface area contributed by atoms with Crippen molar-refractivity contribution in [2.75, 3.05) is 19.7 Å². The van der Waals surface area contributed by atoms with Gasteiger partial charge in [0.1, 0.15) is 5.76 Å². The number of morpholine rings is 1. The number of carbonyl (C=O) groups excluding carboxylic acids is 1. The maximum absolute atomic E-state index is 12.4. The number of aryl methyl sites for hydroxylation is 1. The second-order valence-corrected chi connectivity index (χ2v) is 5.49. The number of aliphatic hydroxyl groups is 1. The number of furan rings is 1. The molecule has 19 heavy (non-hydrogen) atoms. The zero-order chi connectivity index (χ0) is 14.0. The van der Waals surface area contributed by atoms with E-state index in [4.69, 9.17) is 9.15 Å². The maximum atomic E-state index is 12.4. The van der Waals surface area contributed by atoms with Crippen molar-refractivity contribution in [3.63, 3.8) is 0 Å². The number of hydrogen-bond donors (Lipinski definition) is 1. The molecule has 0 radical (unpaired) electrons. The lowest BCUT2D eigenvalue weighted by molar-refractivity contribution is -0.139. The Balaban J connectivity index is 2.13. The third-order valence-electron chi connectivity index (χ3n) is 3.19. The number of hydrogen-bond acceptors (Lipinski definition) is 4. The van der Waals surface area contributed by atoms with Crippen molar-refractivity contribution in [1.29, 1.82) is 0 Å². The average Bonchev–Trinajstić information content (AvgIpc) is 2.84. The second kappa shape index (κ2) is 5.35. The van der Waals surface area contributed by atoms with Gasteiger partial charge in [-0.2, -0.15) is 0 Å². The smallest absolute Gasteiger partial charge is 0.289 e. The molecular formula is C14H21NO4. The van der Waals surface area contributed by atoms with Gasteiger partial charge in [-0.05, 0) is 26.0 Å². The Labute approximate surface area is 113 Å². The van der Waals surface area contributed by atoms with Crippen LogP contribution in [0.15, 0.2) is 16.5 Å². The lowest BCUT2D eigenvalue weighted by Gasteiger charge is -2.41. The molecule has 0 bridgehead atoms. The van der Waals surface area contributed by atoms with E-state index in [2.05, 4.69) is 0 Å². The zero-order valence-corrected chi connectivity index (χ0v) is 11.7. The van der Waals surface area contributed by atoms with Gasteiger partial charge >= 0.3 is 0 Å². The average molecular weight is 267 g/mol. The van der Waals surface area contributed by atoms with Crippen LogP contribution in [0.4, 0.5) is 0 Å². The molecule has 1 amide bonds. The van der Waals surface area contributed by atoms with Crippen molar-refractivity contribution in [2.24, 2.45) is 0 Å². The van der Waals surface area contributed by atoms with Crippen molar-refractivity contribution in [1.82, 2.24) is 4.90 Å². The van der Waals surface area contributed by atoms with E-state index < -0.39 is 5.60 Å². The SMILES string of the molecule is CCc1ccc(C(=O)N2CC(CO)OC(C)(C)C2)o1. The van der Waals surface area contributed by atoms with Crippen LogP contribution in [0.5, 0.6) is 0 Å². The number of rotatable bonds is 3. The predicted octanol–water partition coefficient (Wildman–Crippen LogP) is 1.45. The molecule has 0 spiro atoms. The summed E-state index contributed by atoms with van der Waals surface area (Å²) in [7, 11) is 0. The van der Waals surface area contributed by atoms with E-state index in [9.17, 15) is 9.90 Å². The molecule has 1 saturated heterocycles. The van der Waals surface area contributed by atoms with Crippen LogP contribution in [-0.4, -0.2) is 47.3 Å². The Bertz CT molecular complexity index is 452. The van der Waals surface area contributed by atoms with E-state index in [0.29, 0.717) is 18.8 Å². The van der Waals surface area contributed by atoms with Gasteiger partial charge in [-0.1, -0.05) is 6.92 Å². The highest BCUT2D eigenvalue weighted by atomic mass is 16.5. The molecule has 5 heteroatoms. The third kappa shape index (κ3) is 3.16. The molecule has 1 fully saturated rings. The van der Waals surface area contributed by atoms with Crippen molar-refractivity contribution >= 4 is 5.91 Å². The topological polar surface area (TPSA) is 62.9 Å². The van der Waals surface area contributed by atoms with Gasteiger partial charge in [-0.25, -0.2) is 0 Å². The van der Waals surface area contributed by atoms with E-state index >= 15 is 0 Å². The fraction of sp³-hybridized carbons (Fsp3) is 0.643. The summed E-state index contributed by atoms with van der Waals surface area (Å²) in [5, 5.41) is 9.25. The van der Waals surface area contributed by atoms with E-state index in [1.165, 1.54) is 0 Å². The molecule has 2 rings (SSSR count). The third-order valence-corrected chi connectivity index (χ3v) is 3.19. The first-order valence-corrected chi connectivity index (χ1v) is 6.62. The molecule has 1 aliphatic heterocycles. The summed E-state index contributed by atoms with van der Waals surface area (Å²) in [5.74, 6) is 1.01. The summed E-state index contributed by atoms with van der Waals surface area (Å²) in [5.41, 5.74) is -0.457. The standard InChI is InChI=1S/C14H21NO4/c1-4-10-5-6-12(18-10)13(17)15-7-11(8-16)19-14(2,3)9-15/h5-6,11,16H,4,7-9H2,1-3H3. The molecule has 1 unspecified atom stereocenters. The largest absolute Gasteiger partial charge is 0.456 e. The van der Waals surface area contributed by atoms with Crippen molar-refractivity contribution < 1.29 is 19.1 Å². The lowest BCUT2D eigenvalue weighted by Crippen LogP contribution is -2.55. The van der Waals surface area contributed by atoms with Gasteiger partial charge in [0.2, 0.25) is 0 Å². The van der Waals surface area contributed by atoms with Crippen LogP contribution >= 0.6 is 0 Å². The summed E-state index contributed by atoms with van der Waals surface area (Å²) in [4.78, 5) is 14.1. The molecule has 1 atom stereocenters. The number of ether oxygens (including phenoxy) is 1. The van der Waals surface area contributed by atoms with Gasteiger partial charge in [0, 0.05) is 19.5 Å². The number of amides is 1. The normalized spacial score (nSPS) is 22.5. The predicted molar refractivity (Wildman–Crippen MR) is 70.0 cm³/mol. The molecule has 2 heterocycles. The summed E-state index contributed by atoms with van der Waals surface area (Å²) >= 11 is 0. The fourth-order valence-electron chi connectivity index (χ4n) is 2.38. The monoisotopic (exact) mass is 267 g/mol. The summed E-state index contributed by atoms with van der Waals surface area (Å²) < 4.78 is 11.2. The van der Waals surface area contributed by atoms with Crippen LogP contribution in [-0.2, 0) is 11.2 Å². The minimum atomic E-state index is -0.457. The van der Waals surface area contributed by atoms with Crippen LogP contribution < -0.4 is 0 Å². The molecule has 5 nitrogen and oxygen atoms in total. The first kappa shape index (κ1) is 14.1. The van der Waals surface area contributed by atoms with E-state index in [-0.39, 0.29) is 18.6 Å². The second-order valence-electron chi connectivity index (χ2n) is 5.49. The Morgan fingerprint density at radius 2 is 2.26 bits per heavy atom. The van der Waals surface area contributed by atoms with Gasteiger partial charge < -0.3 is 19.2 Å². The van der Waals surface area contributed by atoms with Crippen LogP contribution in [0.3, 0.4) is 0 Å². The molecular weight excluding hydrogens is 246 g/mol. The number of nitrogens with zero attached hydrogens (tertiary/aromatic N) is 1. The van der Waals surface area contributed by atoms with Crippen molar-refractivity contribution in [3.05, 3.63) is 23.7 Å². The summed E-state index contributed by atoms with van der Waals surface area (Å²) in [6.45, 7) is 6.59. The summed E-state index contributed by atoms with van der Waals surface area (Å²) in [6, 6.07) is 3.53. The first-order chi connectivity index (χ1) is 8.95. The fourth-order valence-corrected chi connectivity index (χ4v) is 2.38. The maximum Gasteiger partial charge on any atom is 0.289 e. The van der Waals surface area contributed by atoms with Crippen LogP contribution in [0, 0.1) is 0 Å². The van der Waals surface area contributed by atoms with E-state index in [0.717, 1.165) is 12.2 Å². The van der Waals surface area contributed by atoms with Gasteiger partial charge in [0.15, 0.2) is 5.76 Å². The number of carbonyl (C=O) groups is 1. The molecule has 106 valence electrons. The van der Waals surface area contributed by atoms with Gasteiger partial charge in [0.05, 0.1) is 18.3 Å².